The van der Waals surface area contributed by atoms with Gasteiger partial charge in [-0.25, -0.2) is 0 Å². The zero-order chi connectivity index (χ0) is 14.2. The summed E-state index contributed by atoms with van der Waals surface area (Å²) in [6.45, 7) is 0.659. The molecule has 0 amide bonds. The number of amidine groups is 1. The Morgan fingerprint density at radius 2 is 1.76 bits per heavy atom. The summed E-state index contributed by atoms with van der Waals surface area (Å²) >= 11 is 0. The van der Waals surface area contributed by atoms with Gasteiger partial charge in [0.2, 0.25) is 0 Å². The number of rotatable bonds is 5. The Kier molecular flexibility index (Phi) is 7.05. The van der Waals surface area contributed by atoms with Gasteiger partial charge in [0.1, 0.15) is 11.6 Å². The van der Waals surface area contributed by atoms with Gasteiger partial charge in [-0.15, -0.1) is 12.4 Å². The van der Waals surface area contributed by atoms with Gasteiger partial charge in [-0.2, -0.15) is 0 Å². The van der Waals surface area contributed by atoms with Gasteiger partial charge in [0.05, 0.1) is 7.11 Å². The summed E-state index contributed by atoms with van der Waals surface area (Å²) in [5.74, 6) is 1.23. The fourth-order valence-electron chi connectivity index (χ4n) is 1.75. The van der Waals surface area contributed by atoms with E-state index >= 15 is 0 Å². The highest BCUT2D eigenvalue weighted by Crippen LogP contribution is 2.12. The van der Waals surface area contributed by atoms with E-state index in [2.05, 4.69) is 5.32 Å². The Balaban J connectivity index is 0.00000220. The largest absolute Gasteiger partial charge is 0.497 e. The van der Waals surface area contributed by atoms with E-state index in [0.717, 1.165) is 16.9 Å². The smallest absolute Gasteiger partial charge is 0.118 e. The monoisotopic (exact) mass is 302 g/mol. The number of nitrogens with one attached hydrogen (secondary N) is 2. The van der Waals surface area contributed by atoms with E-state index in [-0.39, 0.29) is 12.4 Å². The van der Waals surface area contributed by atoms with Crippen molar-refractivity contribution in [2.45, 2.75) is 6.54 Å². The molecule has 0 radical (unpaired) electrons. The first-order valence-electron chi connectivity index (χ1n) is 6.46. The van der Waals surface area contributed by atoms with Gasteiger partial charge in [0.15, 0.2) is 0 Å². The summed E-state index contributed by atoms with van der Waals surface area (Å²) in [5.41, 5.74) is 2.20. The lowest BCUT2D eigenvalue weighted by atomic mass is 10.2. The number of halogens is 1. The maximum atomic E-state index is 7.84. The normalized spacial score (nSPS) is 9.95. The molecule has 0 aromatic heterocycles. The predicted molar refractivity (Wildman–Crippen MR) is 90.3 cm³/mol. The minimum absolute atomic E-state index is 0. The fourth-order valence-corrected chi connectivity index (χ4v) is 1.75. The highest BCUT2D eigenvalue weighted by atomic mass is 35.5. The Labute approximate surface area is 131 Å². The number of benzene rings is 2. The van der Waals surface area contributed by atoms with Crippen molar-refractivity contribution >= 4 is 24.3 Å². The zero-order valence-electron chi connectivity index (χ0n) is 11.9. The molecule has 0 bridgehead atoms. The standard InChI is InChI=1S/C17H18N2O.ClH/c1-20-16-10-7-14(8-11-16)9-12-17(18)19-13-15-5-3-2-4-6-15;/h2-12H,13H2,1H3,(H2,18,19);1H/b12-9+;. The zero-order valence-corrected chi connectivity index (χ0v) is 12.7. The lowest BCUT2D eigenvalue weighted by Crippen LogP contribution is -2.19. The molecule has 0 atom stereocenters. The van der Waals surface area contributed by atoms with Crippen molar-refractivity contribution in [3.05, 3.63) is 71.8 Å². The lowest BCUT2D eigenvalue weighted by Gasteiger charge is -2.04. The molecule has 2 aromatic rings. The third-order valence-corrected chi connectivity index (χ3v) is 2.88. The van der Waals surface area contributed by atoms with Crippen LogP contribution in [-0.4, -0.2) is 12.9 Å². The predicted octanol–water partition coefficient (Wildman–Crippen LogP) is 3.90. The third kappa shape index (κ3) is 5.71. The molecular formula is C17H19ClN2O. The van der Waals surface area contributed by atoms with Crippen LogP contribution in [0.1, 0.15) is 11.1 Å². The van der Waals surface area contributed by atoms with Gasteiger partial charge in [-0.3, -0.25) is 5.41 Å². The van der Waals surface area contributed by atoms with Gasteiger partial charge < -0.3 is 10.1 Å². The number of hydrogen-bond donors (Lipinski definition) is 2. The van der Waals surface area contributed by atoms with Crippen LogP contribution in [0.15, 0.2) is 60.7 Å². The molecule has 0 heterocycles. The van der Waals surface area contributed by atoms with E-state index in [0.29, 0.717) is 12.4 Å². The average Bonchev–Trinajstić information content (AvgIpc) is 2.52. The fraction of sp³-hybridized carbons (Fsp3) is 0.118. The van der Waals surface area contributed by atoms with Crippen molar-refractivity contribution in [1.29, 1.82) is 5.41 Å². The third-order valence-electron chi connectivity index (χ3n) is 2.88. The lowest BCUT2D eigenvalue weighted by molar-refractivity contribution is 0.415. The topological polar surface area (TPSA) is 45.1 Å². The molecule has 110 valence electrons. The molecular weight excluding hydrogens is 284 g/mol. The maximum absolute atomic E-state index is 7.84. The number of ether oxygens (including phenoxy) is 1. The van der Waals surface area contributed by atoms with E-state index in [4.69, 9.17) is 10.1 Å². The van der Waals surface area contributed by atoms with Gasteiger partial charge in [0.25, 0.3) is 0 Å². The average molecular weight is 303 g/mol. The van der Waals surface area contributed by atoms with Crippen molar-refractivity contribution in [2.75, 3.05) is 7.11 Å². The number of methoxy groups -OCH3 is 1. The van der Waals surface area contributed by atoms with Crippen molar-refractivity contribution in [3.8, 4) is 5.75 Å². The molecule has 4 heteroatoms. The van der Waals surface area contributed by atoms with Crippen molar-refractivity contribution in [1.82, 2.24) is 5.32 Å². The molecule has 21 heavy (non-hydrogen) atoms. The van der Waals surface area contributed by atoms with Crippen LogP contribution in [0.25, 0.3) is 6.08 Å². The quantitative estimate of drug-likeness (QED) is 0.650. The SMILES string of the molecule is COc1ccc(/C=C/C(=N)NCc2ccccc2)cc1.Cl. The van der Waals surface area contributed by atoms with Gasteiger partial charge in [0, 0.05) is 6.54 Å². The second-order valence-electron chi connectivity index (χ2n) is 4.36. The molecule has 0 saturated heterocycles. The molecule has 0 aliphatic rings. The highest BCUT2D eigenvalue weighted by Gasteiger charge is 1.94. The van der Waals surface area contributed by atoms with E-state index < -0.39 is 0 Å². The summed E-state index contributed by atoms with van der Waals surface area (Å²) in [6.07, 6.45) is 3.66. The van der Waals surface area contributed by atoms with Crippen LogP contribution in [0, 0.1) is 5.41 Å². The molecule has 0 fully saturated rings. The minimum atomic E-state index is 0. The van der Waals surface area contributed by atoms with Crippen LogP contribution in [0.5, 0.6) is 5.75 Å². The molecule has 3 nitrogen and oxygen atoms in total. The van der Waals surface area contributed by atoms with E-state index in [1.807, 2.05) is 60.7 Å². The summed E-state index contributed by atoms with van der Waals surface area (Å²) in [7, 11) is 1.65. The second-order valence-corrected chi connectivity index (χ2v) is 4.36. The maximum Gasteiger partial charge on any atom is 0.118 e. The van der Waals surface area contributed by atoms with E-state index in [1.54, 1.807) is 13.2 Å². The molecule has 2 N–H and O–H groups in total. The molecule has 0 spiro atoms. The minimum Gasteiger partial charge on any atom is -0.497 e. The molecule has 2 rings (SSSR count). The van der Waals surface area contributed by atoms with Crippen molar-refractivity contribution in [2.24, 2.45) is 0 Å². The number of hydrogen-bond acceptors (Lipinski definition) is 2. The first-order valence-corrected chi connectivity index (χ1v) is 6.46. The Morgan fingerprint density at radius 3 is 2.38 bits per heavy atom. The molecule has 0 unspecified atom stereocenters. The van der Waals surface area contributed by atoms with Crippen LogP contribution in [-0.2, 0) is 6.54 Å². The van der Waals surface area contributed by atoms with Gasteiger partial charge in [-0.1, -0.05) is 48.5 Å². The highest BCUT2D eigenvalue weighted by molar-refractivity contribution is 5.93. The molecule has 0 aliphatic carbocycles. The first kappa shape index (κ1) is 16.8. The van der Waals surface area contributed by atoms with Crippen molar-refractivity contribution < 1.29 is 4.74 Å². The van der Waals surface area contributed by atoms with Crippen molar-refractivity contribution in [3.63, 3.8) is 0 Å². The molecule has 2 aromatic carbocycles. The van der Waals surface area contributed by atoms with Crippen LogP contribution >= 0.6 is 12.4 Å². The van der Waals surface area contributed by atoms with Crippen LogP contribution < -0.4 is 10.1 Å². The van der Waals surface area contributed by atoms with Gasteiger partial charge in [-0.05, 0) is 29.3 Å². The Hall–Kier alpha value is -2.26. The van der Waals surface area contributed by atoms with Gasteiger partial charge >= 0.3 is 0 Å². The first-order chi connectivity index (χ1) is 9.78. The summed E-state index contributed by atoms with van der Waals surface area (Å²) in [6, 6.07) is 17.8. The summed E-state index contributed by atoms with van der Waals surface area (Å²) in [5, 5.41) is 10.9. The summed E-state index contributed by atoms with van der Waals surface area (Å²) in [4.78, 5) is 0. The Morgan fingerprint density at radius 1 is 1.10 bits per heavy atom. The second kappa shape index (κ2) is 8.82. The summed E-state index contributed by atoms with van der Waals surface area (Å²) < 4.78 is 5.10. The van der Waals surface area contributed by atoms with Crippen LogP contribution in [0.2, 0.25) is 0 Å². The van der Waals surface area contributed by atoms with Crippen LogP contribution in [0.3, 0.4) is 0 Å². The Bertz CT molecular complexity index is 579. The van der Waals surface area contributed by atoms with E-state index in [9.17, 15) is 0 Å². The van der Waals surface area contributed by atoms with Crippen LogP contribution in [0.4, 0.5) is 0 Å². The molecule has 0 saturated carbocycles. The molecule has 0 aliphatic heterocycles. The van der Waals surface area contributed by atoms with E-state index in [1.165, 1.54) is 0 Å².